The number of nitrogens with two attached hydrogens (primary N) is 2. The van der Waals surface area contributed by atoms with E-state index in [4.69, 9.17) is 23.1 Å². The maximum absolute atomic E-state index is 11.6. The summed E-state index contributed by atoms with van der Waals surface area (Å²) >= 11 is 5.92. The number of hydrogen-bond acceptors (Lipinski definition) is 4. The summed E-state index contributed by atoms with van der Waals surface area (Å²) in [5, 5.41) is 5.15. The quantitative estimate of drug-likeness (QED) is 0.750. The minimum atomic E-state index is -0.594. The molecule has 20 heavy (non-hydrogen) atoms. The molecule has 3 rings (SSSR count). The Balaban J connectivity index is 2.41. The molecular formula is C13H10ClN5O. The molecule has 0 spiro atoms. The molecule has 0 aliphatic carbocycles. The fourth-order valence-electron chi connectivity index (χ4n) is 2.03. The third-order valence-electron chi connectivity index (χ3n) is 2.94. The molecule has 0 aliphatic heterocycles. The number of halogens is 1. The second-order valence-corrected chi connectivity index (χ2v) is 4.62. The maximum atomic E-state index is 11.6. The minimum Gasteiger partial charge on any atom is -0.381 e. The standard InChI is InChI=1S/C13H10ClN5O/c14-9-6-19(18-12(9)15)11-7-3-1-2-4-10(7)17-5-8(11)13(16)20/h1-6H,(H2,15,18)(H2,16,20). The van der Waals surface area contributed by atoms with E-state index in [0.717, 1.165) is 10.9 Å². The van der Waals surface area contributed by atoms with Crippen LogP contribution in [-0.4, -0.2) is 20.7 Å². The molecule has 0 bridgehead atoms. The molecular weight excluding hydrogens is 278 g/mol. The predicted molar refractivity (Wildman–Crippen MR) is 76.8 cm³/mol. The number of benzene rings is 1. The number of nitrogens with zero attached hydrogens (tertiary/aromatic N) is 3. The van der Waals surface area contributed by atoms with E-state index in [1.165, 1.54) is 17.1 Å². The summed E-state index contributed by atoms with van der Waals surface area (Å²) in [4.78, 5) is 15.8. The van der Waals surface area contributed by atoms with Gasteiger partial charge in [0.25, 0.3) is 5.91 Å². The van der Waals surface area contributed by atoms with Gasteiger partial charge in [-0.2, -0.15) is 0 Å². The molecule has 3 aromatic rings. The number of carbonyl (C=O) groups is 1. The van der Waals surface area contributed by atoms with Gasteiger partial charge in [-0.15, -0.1) is 5.10 Å². The number of anilines is 1. The lowest BCUT2D eigenvalue weighted by molar-refractivity contribution is 0.1000. The third kappa shape index (κ3) is 1.86. The molecule has 0 unspecified atom stereocenters. The average molecular weight is 288 g/mol. The number of para-hydroxylation sites is 1. The molecule has 4 N–H and O–H groups in total. The SMILES string of the molecule is NC(=O)c1cnc2ccccc2c1-n1cc(Cl)c(N)n1. The summed E-state index contributed by atoms with van der Waals surface area (Å²) in [6.07, 6.45) is 2.96. The van der Waals surface area contributed by atoms with Crippen LogP contribution in [-0.2, 0) is 0 Å². The zero-order valence-corrected chi connectivity index (χ0v) is 11.0. The second-order valence-electron chi connectivity index (χ2n) is 4.21. The van der Waals surface area contributed by atoms with Crippen LogP contribution >= 0.6 is 11.6 Å². The minimum absolute atomic E-state index is 0.183. The van der Waals surface area contributed by atoms with Crippen molar-refractivity contribution in [3.63, 3.8) is 0 Å². The first-order valence-electron chi connectivity index (χ1n) is 5.76. The molecule has 100 valence electrons. The molecule has 7 heteroatoms. The highest BCUT2D eigenvalue weighted by Gasteiger charge is 2.16. The largest absolute Gasteiger partial charge is 0.381 e. The normalized spacial score (nSPS) is 10.8. The third-order valence-corrected chi connectivity index (χ3v) is 3.23. The van der Waals surface area contributed by atoms with Gasteiger partial charge in [0.15, 0.2) is 5.82 Å². The zero-order valence-electron chi connectivity index (χ0n) is 10.2. The van der Waals surface area contributed by atoms with Crippen LogP contribution in [0.15, 0.2) is 36.7 Å². The van der Waals surface area contributed by atoms with Crippen molar-refractivity contribution in [2.75, 3.05) is 5.73 Å². The summed E-state index contributed by atoms with van der Waals surface area (Å²) in [7, 11) is 0. The first-order chi connectivity index (χ1) is 9.58. The van der Waals surface area contributed by atoms with E-state index in [-0.39, 0.29) is 11.4 Å². The van der Waals surface area contributed by atoms with Gasteiger partial charge in [-0.05, 0) is 6.07 Å². The van der Waals surface area contributed by atoms with Gasteiger partial charge in [0, 0.05) is 11.6 Å². The Kier molecular flexibility index (Phi) is 2.80. The molecule has 2 heterocycles. The van der Waals surface area contributed by atoms with Crippen molar-refractivity contribution in [1.29, 1.82) is 0 Å². The van der Waals surface area contributed by atoms with E-state index >= 15 is 0 Å². The van der Waals surface area contributed by atoms with Crippen LogP contribution < -0.4 is 11.5 Å². The van der Waals surface area contributed by atoms with Gasteiger partial charge >= 0.3 is 0 Å². The molecule has 0 radical (unpaired) electrons. The van der Waals surface area contributed by atoms with Gasteiger partial charge in [-0.25, -0.2) is 4.68 Å². The number of carbonyl (C=O) groups excluding carboxylic acids is 1. The van der Waals surface area contributed by atoms with E-state index in [0.29, 0.717) is 10.7 Å². The van der Waals surface area contributed by atoms with Gasteiger partial charge in [0.1, 0.15) is 5.02 Å². The zero-order chi connectivity index (χ0) is 14.3. The number of nitrogen functional groups attached to an aromatic ring is 1. The van der Waals surface area contributed by atoms with Crippen LogP contribution in [0.25, 0.3) is 16.6 Å². The van der Waals surface area contributed by atoms with Crippen molar-refractivity contribution in [2.24, 2.45) is 5.73 Å². The van der Waals surface area contributed by atoms with Crippen molar-refractivity contribution in [3.05, 3.63) is 47.2 Å². The van der Waals surface area contributed by atoms with Crippen LogP contribution in [0.2, 0.25) is 5.02 Å². The van der Waals surface area contributed by atoms with Gasteiger partial charge in [0.2, 0.25) is 0 Å². The van der Waals surface area contributed by atoms with Gasteiger partial charge in [-0.1, -0.05) is 29.8 Å². The molecule has 0 atom stereocenters. The van der Waals surface area contributed by atoms with Crippen LogP contribution in [0.4, 0.5) is 5.82 Å². The first kappa shape index (κ1) is 12.4. The van der Waals surface area contributed by atoms with Gasteiger partial charge in [-0.3, -0.25) is 9.78 Å². The smallest absolute Gasteiger partial charge is 0.252 e. The fraction of sp³-hybridized carbons (Fsp3) is 0. The van der Waals surface area contributed by atoms with Crippen LogP contribution in [0.1, 0.15) is 10.4 Å². The monoisotopic (exact) mass is 287 g/mol. The summed E-state index contributed by atoms with van der Waals surface area (Å²) in [6, 6.07) is 7.36. The highest BCUT2D eigenvalue weighted by Crippen LogP contribution is 2.26. The summed E-state index contributed by atoms with van der Waals surface area (Å²) in [5.41, 5.74) is 12.5. The van der Waals surface area contributed by atoms with E-state index in [2.05, 4.69) is 10.1 Å². The van der Waals surface area contributed by atoms with Gasteiger partial charge < -0.3 is 11.5 Å². The fourth-order valence-corrected chi connectivity index (χ4v) is 2.16. The highest BCUT2D eigenvalue weighted by atomic mass is 35.5. The van der Waals surface area contributed by atoms with Gasteiger partial charge in [0.05, 0.1) is 23.0 Å². The summed E-state index contributed by atoms with van der Waals surface area (Å²) < 4.78 is 1.45. The number of rotatable bonds is 2. The van der Waals surface area contributed by atoms with Crippen molar-refractivity contribution in [3.8, 4) is 5.69 Å². The van der Waals surface area contributed by atoms with E-state index < -0.39 is 5.91 Å². The van der Waals surface area contributed by atoms with Crippen molar-refractivity contribution >= 4 is 34.2 Å². The highest BCUT2D eigenvalue weighted by molar-refractivity contribution is 6.32. The Bertz CT molecular complexity index is 807. The van der Waals surface area contributed by atoms with Crippen molar-refractivity contribution in [1.82, 2.24) is 14.8 Å². The lowest BCUT2D eigenvalue weighted by atomic mass is 10.1. The Morgan fingerprint density at radius 2 is 2.05 bits per heavy atom. The topological polar surface area (TPSA) is 99.8 Å². The number of hydrogen-bond donors (Lipinski definition) is 2. The molecule has 0 fully saturated rings. The molecule has 0 saturated carbocycles. The molecule has 0 aliphatic rings. The van der Waals surface area contributed by atoms with Crippen molar-refractivity contribution < 1.29 is 4.79 Å². The second kappa shape index (κ2) is 4.50. The summed E-state index contributed by atoms with van der Waals surface area (Å²) in [6.45, 7) is 0. The number of primary amides is 1. The number of fused-ring (bicyclic) bond motifs is 1. The van der Waals surface area contributed by atoms with E-state index in [1.54, 1.807) is 0 Å². The number of amides is 1. The Labute approximate surface area is 119 Å². The van der Waals surface area contributed by atoms with Crippen LogP contribution in [0, 0.1) is 0 Å². The van der Waals surface area contributed by atoms with Crippen LogP contribution in [0.5, 0.6) is 0 Å². The Morgan fingerprint density at radius 3 is 2.70 bits per heavy atom. The van der Waals surface area contributed by atoms with E-state index in [1.807, 2.05) is 24.3 Å². The lowest BCUT2D eigenvalue weighted by Crippen LogP contribution is -2.16. The first-order valence-corrected chi connectivity index (χ1v) is 6.14. The molecule has 2 aromatic heterocycles. The molecule has 1 aromatic carbocycles. The molecule has 0 saturated heterocycles. The number of aromatic nitrogens is 3. The molecule has 1 amide bonds. The van der Waals surface area contributed by atoms with Crippen molar-refractivity contribution in [2.45, 2.75) is 0 Å². The van der Waals surface area contributed by atoms with Crippen LogP contribution in [0.3, 0.4) is 0 Å². The average Bonchev–Trinajstić information content (AvgIpc) is 2.77. The predicted octanol–water partition coefficient (Wildman–Crippen LogP) is 1.75. The Hall–Kier alpha value is -2.60. The Morgan fingerprint density at radius 1 is 1.30 bits per heavy atom. The molecule has 6 nitrogen and oxygen atoms in total. The number of pyridine rings is 1. The maximum Gasteiger partial charge on any atom is 0.252 e. The summed E-state index contributed by atoms with van der Waals surface area (Å²) in [5.74, 6) is -0.411. The lowest BCUT2D eigenvalue weighted by Gasteiger charge is -2.10. The van der Waals surface area contributed by atoms with E-state index in [9.17, 15) is 4.79 Å².